The van der Waals surface area contributed by atoms with Gasteiger partial charge in [-0.05, 0) is 67.1 Å². The second-order valence-corrected chi connectivity index (χ2v) is 5.78. The van der Waals surface area contributed by atoms with E-state index >= 15 is 0 Å². The Morgan fingerprint density at radius 2 is 1.95 bits per heavy atom. The van der Waals surface area contributed by atoms with Crippen LogP contribution in [-0.4, -0.2) is 12.9 Å². The molecule has 1 aromatic carbocycles. The number of ether oxygens (including phenoxy) is 1. The van der Waals surface area contributed by atoms with Gasteiger partial charge in [-0.2, -0.15) is 0 Å². The smallest absolute Gasteiger partial charge is 0.189 e. The quantitative estimate of drug-likeness (QED) is 0.607. The first-order chi connectivity index (χ1) is 9.52. The van der Waals surface area contributed by atoms with Crippen LogP contribution in [0.2, 0.25) is 0 Å². The number of thiophene rings is 1. The molecule has 0 aliphatic carbocycles. The van der Waals surface area contributed by atoms with Crippen LogP contribution in [0.5, 0.6) is 5.75 Å². The van der Waals surface area contributed by atoms with Crippen molar-refractivity contribution in [2.75, 3.05) is 7.11 Å². The van der Waals surface area contributed by atoms with Gasteiger partial charge in [0.2, 0.25) is 0 Å². The van der Waals surface area contributed by atoms with E-state index in [4.69, 9.17) is 4.74 Å². The van der Waals surface area contributed by atoms with Crippen LogP contribution in [0.4, 0.5) is 0 Å². The minimum atomic E-state index is -0.0264. The first-order valence-electron chi connectivity index (χ1n) is 6.44. The van der Waals surface area contributed by atoms with Gasteiger partial charge in [0.05, 0.1) is 12.7 Å². The molecule has 0 N–H and O–H groups in total. The number of carbonyl (C=O) groups excluding carboxylic acids is 1. The van der Waals surface area contributed by atoms with Crippen LogP contribution in [0.25, 0.3) is 6.08 Å². The molecule has 0 saturated carbocycles. The lowest BCUT2D eigenvalue weighted by molar-refractivity contribution is 0.104. The summed E-state index contributed by atoms with van der Waals surface area (Å²) in [7, 11) is 1.60. The molecular formula is C17H18O2S. The number of benzene rings is 1. The topological polar surface area (TPSA) is 26.3 Å². The van der Waals surface area contributed by atoms with Gasteiger partial charge < -0.3 is 4.74 Å². The summed E-state index contributed by atoms with van der Waals surface area (Å²) in [6, 6.07) is 5.94. The Hall–Kier alpha value is -1.87. The molecule has 1 heterocycles. The van der Waals surface area contributed by atoms with Crippen molar-refractivity contribution in [3.05, 3.63) is 56.8 Å². The minimum Gasteiger partial charge on any atom is -0.496 e. The fraction of sp³-hybridized carbons (Fsp3) is 0.235. The Morgan fingerprint density at radius 3 is 2.55 bits per heavy atom. The van der Waals surface area contributed by atoms with Crippen molar-refractivity contribution in [1.82, 2.24) is 0 Å². The number of ketones is 1. The van der Waals surface area contributed by atoms with E-state index in [9.17, 15) is 4.79 Å². The molecule has 0 amide bonds. The average Bonchev–Trinajstić information content (AvgIpc) is 2.80. The van der Waals surface area contributed by atoms with Gasteiger partial charge in [0.25, 0.3) is 0 Å². The summed E-state index contributed by atoms with van der Waals surface area (Å²) < 4.78 is 5.36. The summed E-state index contributed by atoms with van der Waals surface area (Å²) in [5.41, 5.74) is 3.85. The Morgan fingerprint density at radius 1 is 1.20 bits per heavy atom. The van der Waals surface area contributed by atoms with Gasteiger partial charge in [0, 0.05) is 4.88 Å². The van der Waals surface area contributed by atoms with Gasteiger partial charge >= 0.3 is 0 Å². The second kappa shape index (κ2) is 6.06. The number of allylic oxidation sites excluding steroid dienone is 1. The van der Waals surface area contributed by atoms with Crippen molar-refractivity contribution >= 4 is 23.2 Å². The molecule has 0 atom stereocenters. The van der Waals surface area contributed by atoms with E-state index in [1.165, 1.54) is 5.56 Å². The molecule has 1 aromatic heterocycles. The molecule has 0 bridgehead atoms. The van der Waals surface area contributed by atoms with E-state index < -0.39 is 0 Å². The van der Waals surface area contributed by atoms with E-state index in [0.717, 1.165) is 16.0 Å². The first kappa shape index (κ1) is 14.5. The van der Waals surface area contributed by atoms with Crippen LogP contribution in [0.3, 0.4) is 0 Å². The maximum absolute atomic E-state index is 12.4. The number of rotatable bonds is 4. The lowest BCUT2D eigenvalue weighted by Crippen LogP contribution is -2.01. The molecule has 2 rings (SSSR count). The van der Waals surface area contributed by atoms with Crippen LogP contribution < -0.4 is 4.74 Å². The summed E-state index contributed by atoms with van der Waals surface area (Å²) in [5, 5.41) is 2.02. The molecule has 0 unspecified atom stereocenters. The van der Waals surface area contributed by atoms with Crippen molar-refractivity contribution < 1.29 is 9.53 Å². The molecule has 0 fully saturated rings. The second-order valence-electron chi connectivity index (χ2n) is 4.83. The van der Waals surface area contributed by atoms with E-state index in [2.05, 4.69) is 0 Å². The van der Waals surface area contributed by atoms with E-state index in [1.54, 1.807) is 24.5 Å². The average molecular weight is 286 g/mol. The normalized spacial score (nSPS) is 11.0. The SMILES string of the molecule is COc1c(C)cc(C)cc1C(=O)C=Cc1sccc1C. The molecule has 3 heteroatoms. The molecule has 0 aliphatic rings. The third kappa shape index (κ3) is 2.99. The Bertz CT molecular complexity index is 666. The molecule has 2 aromatic rings. The predicted octanol–water partition coefficient (Wildman–Crippen LogP) is 4.58. The third-order valence-corrected chi connectivity index (χ3v) is 4.16. The van der Waals surface area contributed by atoms with Crippen molar-refractivity contribution in [3.63, 3.8) is 0 Å². The van der Waals surface area contributed by atoms with Crippen LogP contribution in [0, 0.1) is 20.8 Å². The highest BCUT2D eigenvalue weighted by atomic mass is 32.1. The lowest BCUT2D eigenvalue weighted by atomic mass is 10.0. The highest BCUT2D eigenvalue weighted by Gasteiger charge is 2.13. The maximum Gasteiger partial charge on any atom is 0.189 e. The molecular weight excluding hydrogens is 268 g/mol. The van der Waals surface area contributed by atoms with Crippen molar-refractivity contribution in [1.29, 1.82) is 0 Å². The molecule has 0 radical (unpaired) electrons. The van der Waals surface area contributed by atoms with Gasteiger partial charge in [-0.25, -0.2) is 0 Å². The van der Waals surface area contributed by atoms with Gasteiger partial charge in [-0.3, -0.25) is 4.79 Å². The summed E-state index contributed by atoms with van der Waals surface area (Å²) in [4.78, 5) is 13.5. The largest absolute Gasteiger partial charge is 0.496 e. The van der Waals surface area contributed by atoms with Crippen LogP contribution in [0.1, 0.15) is 31.9 Å². The van der Waals surface area contributed by atoms with Gasteiger partial charge in [-0.1, -0.05) is 6.07 Å². The van der Waals surface area contributed by atoms with Gasteiger partial charge in [-0.15, -0.1) is 11.3 Å². The highest BCUT2D eigenvalue weighted by Crippen LogP contribution is 2.26. The summed E-state index contributed by atoms with van der Waals surface area (Å²) in [5.74, 6) is 0.634. The molecule has 0 saturated heterocycles. The number of methoxy groups -OCH3 is 1. The Labute approximate surface area is 123 Å². The van der Waals surface area contributed by atoms with E-state index in [0.29, 0.717) is 11.3 Å². The maximum atomic E-state index is 12.4. The highest BCUT2D eigenvalue weighted by molar-refractivity contribution is 7.11. The summed E-state index contributed by atoms with van der Waals surface area (Å²) >= 11 is 1.63. The van der Waals surface area contributed by atoms with Gasteiger partial charge in [0.15, 0.2) is 5.78 Å². The van der Waals surface area contributed by atoms with Crippen LogP contribution in [-0.2, 0) is 0 Å². The first-order valence-corrected chi connectivity index (χ1v) is 7.32. The monoisotopic (exact) mass is 286 g/mol. The summed E-state index contributed by atoms with van der Waals surface area (Å²) in [6.07, 6.45) is 3.50. The zero-order valence-electron chi connectivity index (χ0n) is 12.2. The fourth-order valence-electron chi connectivity index (χ4n) is 2.20. The predicted molar refractivity (Wildman–Crippen MR) is 84.9 cm³/mol. The molecule has 2 nitrogen and oxygen atoms in total. The number of carbonyl (C=O) groups is 1. The standard InChI is InChI=1S/C17H18O2S/c1-11-9-13(3)17(19-4)14(10-11)15(18)5-6-16-12(2)7-8-20-16/h5-10H,1-4H3. The van der Waals surface area contributed by atoms with Crippen LogP contribution in [0.15, 0.2) is 29.7 Å². The van der Waals surface area contributed by atoms with Crippen molar-refractivity contribution in [2.45, 2.75) is 20.8 Å². The van der Waals surface area contributed by atoms with E-state index in [-0.39, 0.29) is 5.78 Å². The number of hydrogen-bond donors (Lipinski definition) is 0. The molecule has 0 aliphatic heterocycles. The van der Waals surface area contributed by atoms with Crippen LogP contribution >= 0.6 is 11.3 Å². The summed E-state index contributed by atoms with van der Waals surface area (Å²) in [6.45, 7) is 5.98. The Balaban J connectivity index is 2.34. The Kier molecular flexibility index (Phi) is 4.40. The number of hydrogen-bond acceptors (Lipinski definition) is 3. The van der Waals surface area contributed by atoms with Crippen molar-refractivity contribution in [2.24, 2.45) is 0 Å². The molecule has 0 spiro atoms. The van der Waals surface area contributed by atoms with Gasteiger partial charge in [0.1, 0.15) is 5.75 Å². The third-order valence-electron chi connectivity index (χ3n) is 3.18. The van der Waals surface area contributed by atoms with E-state index in [1.807, 2.05) is 50.4 Å². The zero-order chi connectivity index (χ0) is 14.7. The molecule has 104 valence electrons. The fourth-order valence-corrected chi connectivity index (χ4v) is 3.02. The lowest BCUT2D eigenvalue weighted by Gasteiger charge is -2.10. The zero-order valence-corrected chi connectivity index (χ0v) is 13.0. The minimum absolute atomic E-state index is 0.0264. The number of aryl methyl sites for hydroxylation is 3. The molecule has 20 heavy (non-hydrogen) atoms. The van der Waals surface area contributed by atoms with Crippen molar-refractivity contribution in [3.8, 4) is 5.75 Å².